The van der Waals surface area contributed by atoms with E-state index in [2.05, 4.69) is 20.9 Å². The van der Waals surface area contributed by atoms with Crippen LogP contribution in [0.5, 0.6) is 0 Å². The molecule has 15 heavy (non-hydrogen) atoms. The number of halogens is 1. The van der Waals surface area contributed by atoms with E-state index in [4.69, 9.17) is 0 Å². The number of aryl methyl sites for hydroxylation is 1. The number of aromatic nitrogens is 1. The molecule has 0 saturated carbocycles. The van der Waals surface area contributed by atoms with Gasteiger partial charge in [-0.15, -0.1) is 11.3 Å². The van der Waals surface area contributed by atoms with Crippen LogP contribution in [0, 0.1) is 6.92 Å². The van der Waals surface area contributed by atoms with Gasteiger partial charge in [-0.2, -0.15) is 0 Å². The minimum atomic E-state index is -0.0306. The first-order valence-corrected chi connectivity index (χ1v) is 6.11. The van der Waals surface area contributed by atoms with Gasteiger partial charge in [0.2, 0.25) is 5.78 Å². The van der Waals surface area contributed by atoms with Gasteiger partial charge < -0.3 is 0 Å². The Labute approximate surface area is 100 Å². The zero-order valence-electron chi connectivity index (χ0n) is 8.03. The number of carbonyl (C=O) groups is 1. The largest absolute Gasteiger partial charge is 0.287 e. The highest BCUT2D eigenvalue weighted by atomic mass is 79.9. The predicted octanol–water partition coefficient (Wildman–Crippen LogP) is 3.45. The molecular weight excluding hydrogens is 274 g/mol. The zero-order valence-corrected chi connectivity index (χ0v) is 10.4. The van der Waals surface area contributed by atoms with Gasteiger partial charge in [0.1, 0.15) is 5.69 Å². The molecule has 2 aromatic rings. The number of rotatable bonds is 2. The van der Waals surface area contributed by atoms with Crippen LogP contribution in [-0.2, 0) is 0 Å². The summed E-state index contributed by atoms with van der Waals surface area (Å²) in [6.45, 7) is 1.99. The molecule has 76 valence electrons. The molecule has 1 heterocycles. The molecule has 0 spiro atoms. The van der Waals surface area contributed by atoms with E-state index in [9.17, 15) is 4.79 Å². The van der Waals surface area contributed by atoms with Crippen LogP contribution >= 0.6 is 27.3 Å². The lowest BCUT2D eigenvalue weighted by molar-refractivity contribution is 0.103. The molecule has 0 aliphatic rings. The summed E-state index contributed by atoms with van der Waals surface area (Å²) in [6.07, 6.45) is 0. The third-order valence-corrected chi connectivity index (χ3v) is 3.54. The Morgan fingerprint density at radius 2 is 2.27 bits per heavy atom. The fourth-order valence-electron chi connectivity index (χ4n) is 1.21. The first-order valence-electron chi connectivity index (χ1n) is 4.37. The molecule has 0 saturated heterocycles. The smallest absolute Gasteiger partial charge is 0.212 e. The number of carbonyl (C=O) groups excluding carboxylic acids is 1. The fourth-order valence-corrected chi connectivity index (χ4v) is 2.12. The van der Waals surface area contributed by atoms with Crippen LogP contribution in [0.3, 0.4) is 0 Å². The van der Waals surface area contributed by atoms with E-state index in [1.54, 1.807) is 10.9 Å². The van der Waals surface area contributed by atoms with Crippen molar-refractivity contribution in [3.63, 3.8) is 0 Å². The number of nitrogens with zero attached hydrogens (tertiary/aromatic N) is 1. The Kier molecular flexibility index (Phi) is 2.98. The fraction of sp³-hybridized carbons (Fsp3) is 0.0909. The first-order chi connectivity index (χ1) is 7.18. The maximum absolute atomic E-state index is 11.9. The lowest BCUT2D eigenvalue weighted by atomic mass is 10.1. The van der Waals surface area contributed by atoms with E-state index < -0.39 is 0 Å². The summed E-state index contributed by atoms with van der Waals surface area (Å²) in [7, 11) is 0. The highest BCUT2D eigenvalue weighted by molar-refractivity contribution is 9.10. The summed E-state index contributed by atoms with van der Waals surface area (Å²) in [5.41, 5.74) is 3.95. The van der Waals surface area contributed by atoms with Gasteiger partial charge in [-0.25, -0.2) is 4.98 Å². The highest BCUT2D eigenvalue weighted by Crippen LogP contribution is 2.19. The molecular formula is C11H8BrNOS. The summed E-state index contributed by atoms with van der Waals surface area (Å²) in [4.78, 5) is 15.9. The zero-order chi connectivity index (χ0) is 10.8. The van der Waals surface area contributed by atoms with Crippen LogP contribution in [0.15, 0.2) is 33.6 Å². The second-order valence-electron chi connectivity index (χ2n) is 3.17. The van der Waals surface area contributed by atoms with Crippen molar-refractivity contribution in [3.05, 3.63) is 50.4 Å². The normalized spacial score (nSPS) is 10.3. The lowest BCUT2D eigenvalue weighted by Gasteiger charge is -2.01. The van der Waals surface area contributed by atoms with E-state index in [0.717, 1.165) is 10.0 Å². The molecule has 0 radical (unpaired) electrons. The van der Waals surface area contributed by atoms with Gasteiger partial charge in [-0.05, 0) is 18.6 Å². The van der Waals surface area contributed by atoms with E-state index in [-0.39, 0.29) is 5.78 Å². The average molecular weight is 282 g/mol. The quantitative estimate of drug-likeness (QED) is 0.790. The molecule has 0 bridgehead atoms. The SMILES string of the molecule is Cc1ccc(C(=O)c2cscn2)cc1Br. The second kappa shape index (κ2) is 4.24. The van der Waals surface area contributed by atoms with Crippen molar-refractivity contribution in [2.45, 2.75) is 6.92 Å². The second-order valence-corrected chi connectivity index (χ2v) is 4.74. The minimum absolute atomic E-state index is 0.0306. The number of hydrogen-bond acceptors (Lipinski definition) is 3. The van der Waals surface area contributed by atoms with E-state index in [0.29, 0.717) is 11.3 Å². The van der Waals surface area contributed by atoms with Gasteiger partial charge >= 0.3 is 0 Å². The molecule has 4 heteroatoms. The third-order valence-electron chi connectivity index (χ3n) is 2.10. The van der Waals surface area contributed by atoms with Crippen LogP contribution in [-0.4, -0.2) is 10.8 Å². The predicted molar refractivity (Wildman–Crippen MR) is 64.4 cm³/mol. The third kappa shape index (κ3) is 2.16. The Hall–Kier alpha value is -1.00. The summed E-state index contributed by atoms with van der Waals surface area (Å²) >= 11 is 4.83. The Balaban J connectivity index is 2.39. The molecule has 0 amide bonds. The number of hydrogen-bond donors (Lipinski definition) is 0. The molecule has 0 aliphatic carbocycles. The van der Waals surface area contributed by atoms with Crippen LogP contribution < -0.4 is 0 Å². The average Bonchev–Trinajstić information content (AvgIpc) is 2.74. The topological polar surface area (TPSA) is 30.0 Å². The standard InChI is InChI=1S/C11H8BrNOS/c1-7-2-3-8(4-9(7)12)11(14)10-5-15-6-13-10/h2-6H,1H3. The summed E-state index contributed by atoms with van der Waals surface area (Å²) < 4.78 is 0.948. The summed E-state index contributed by atoms with van der Waals surface area (Å²) in [5, 5.41) is 1.76. The van der Waals surface area contributed by atoms with Gasteiger partial charge in [-0.3, -0.25) is 4.79 Å². The molecule has 0 aliphatic heterocycles. The van der Waals surface area contributed by atoms with Crippen molar-refractivity contribution in [1.29, 1.82) is 0 Å². The summed E-state index contributed by atoms with van der Waals surface area (Å²) in [6, 6.07) is 5.57. The van der Waals surface area contributed by atoms with E-state index >= 15 is 0 Å². The van der Waals surface area contributed by atoms with Crippen molar-refractivity contribution >= 4 is 33.0 Å². The van der Waals surface area contributed by atoms with Gasteiger partial charge in [0.15, 0.2) is 0 Å². The maximum atomic E-state index is 11.9. The number of benzene rings is 1. The van der Waals surface area contributed by atoms with Crippen LogP contribution in [0.1, 0.15) is 21.6 Å². The monoisotopic (exact) mass is 281 g/mol. The number of thiazole rings is 1. The molecule has 0 atom stereocenters. The van der Waals surface area contributed by atoms with Gasteiger partial charge in [0.25, 0.3) is 0 Å². The molecule has 2 nitrogen and oxygen atoms in total. The molecule has 1 aromatic heterocycles. The van der Waals surface area contributed by atoms with Gasteiger partial charge in [0.05, 0.1) is 5.51 Å². The molecule has 1 aromatic carbocycles. The Morgan fingerprint density at radius 3 is 2.87 bits per heavy atom. The first kappa shape index (κ1) is 10.5. The summed E-state index contributed by atoms with van der Waals surface area (Å²) in [5.74, 6) is -0.0306. The van der Waals surface area contributed by atoms with E-state index in [1.165, 1.54) is 11.3 Å². The molecule has 0 N–H and O–H groups in total. The van der Waals surface area contributed by atoms with Crippen LogP contribution in [0.25, 0.3) is 0 Å². The van der Waals surface area contributed by atoms with Crippen molar-refractivity contribution in [2.24, 2.45) is 0 Å². The van der Waals surface area contributed by atoms with Crippen molar-refractivity contribution < 1.29 is 4.79 Å². The number of ketones is 1. The van der Waals surface area contributed by atoms with Crippen molar-refractivity contribution in [1.82, 2.24) is 4.98 Å². The highest BCUT2D eigenvalue weighted by Gasteiger charge is 2.11. The van der Waals surface area contributed by atoms with Gasteiger partial charge in [0, 0.05) is 15.4 Å². The van der Waals surface area contributed by atoms with Crippen LogP contribution in [0.4, 0.5) is 0 Å². The molecule has 0 fully saturated rings. The van der Waals surface area contributed by atoms with E-state index in [1.807, 2.05) is 25.1 Å². The Morgan fingerprint density at radius 1 is 1.47 bits per heavy atom. The maximum Gasteiger partial charge on any atom is 0.212 e. The molecule has 0 unspecified atom stereocenters. The van der Waals surface area contributed by atoms with Crippen LogP contribution in [0.2, 0.25) is 0 Å². The lowest BCUT2D eigenvalue weighted by Crippen LogP contribution is -2.01. The Bertz CT molecular complexity index is 493. The van der Waals surface area contributed by atoms with Gasteiger partial charge in [-0.1, -0.05) is 28.1 Å². The van der Waals surface area contributed by atoms with Crippen molar-refractivity contribution in [2.75, 3.05) is 0 Å². The van der Waals surface area contributed by atoms with Crippen molar-refractivity contribution in [3.8, 4) is 0 Å². The molecule has 2 rings (SSSR count). The minimum Gasteiger partial charge on any atom is -0.287 e.